The van der Waals surface area contributed by atoms with Crippen LogP contribution in [0.5, 0.6) is 11.5 Å². The number of carbonyl (C=O) groups excluding carboxylic acids is 2. The first-order valence-electron chi connectivity index (χ1n) is 10.1. The molecule has 156 valence electrons. The number of nitrogens with one attached hydrogen (secondary N) is 1. The lowest BCUT2D eigenvalue weighted by molar-refractivity contribution is -0.133. The van der Waals surface area contributed by atoms with Gasteiger partial charge in [-0.1, -0.05) is 27.7 Å². The summed E-state index contributed by atoms with van der Waals surface area (Å²) in [5.41, 5.74) is 0.907. The van der Waals surface area contributed by atoms with Crippen molar-refractivity contribution in [2.75, 3.05) is 33.9 Å². The van der Waals surface area contributed by atoms with E-state index in [0.717, 1.165) is 12.0 Å². The molecule has 2 atom stereocenters. The Morgan fingerprint density at radius 1 is 1.14 bits per heavy atom. The van der Waals surface area contributed by atoms with Gasteiger partial charge >= 0.3 is 0 Å². The molecule has 1 aromatic rings. The minimum atomic E-state index is -0.309. The number of benzene rings is 1. The minimum absolute atomic E-state index is 0.00502. The third-order valence-electron chi connectivity index (χ3n) is 5.32. The van der Waals surface area contributed by atoms with Crippen LogP contribution in [-0.4, -0.2) is 50.6 Å². The van der Waals surface area contributed by atoms with E-state index in [1.807, 2.05) is 32.0 Å². The second kappa shape index (κ2) is 9.80. The van der Waals surface area contributed by atoms with Crippen LogP contribution in [0.2, 0.25) is 0 Å². The molecule has 1 aliphatic heterocycles. The highest BCUT2D eigenvalue weighted by Crippen LogP contribution is 2.39. The Bertz CT molecular complexity index is 687. The predicted molar refractivity (Wildman–Crippen MR) is 110 cm³/mol. The van der Waals surface area contributed by atoms with Crippen molar-refractivity contribution in [2.24, 2.45) is 17.8 Å². The van der Waals surface area contributed by atoms with Gasteiger partial charge in [0.1, 0.15) is 11.5 Å². The third-order valence-corrected chi connectivity index (χ3v) is 5.32. The van der Waals surface area contributed by atoms with Crippen molar-refractivity contribution in [1.29, 1.82) is 0 Å². The minimum Gasteiger partial charge on any atom is -0.497 e. The maximum absolute atomic E-state index is 13.0. The first-order chi connectivity index (χ1) is 13.3. The van der Waals surface area contributed by atoms with E-state index in [1.54, 1.807) is 19.1 Å². The maximum Gasteiger partial charge on any atom is 0.225 e. The number of likely N-dealkylation sites (tertiary alicyclic amines) is 1. The van der Waals surface area contributed by atoms with Gasteiger partial charge in [-0.2, -0.15) is 0 Å². The molecule has 2 rings (SSSR count). The fourth-order valence-electron chi connectivity index (χ4n) is 3.67. The number of rotatable bonds is 8. The Morgan fingerprint density at radius 3 is 2.43 bits per heavy atom. The lowest BCUT2D eigenvalue weighted by Gasteiger charge is -2.21. The van der Waals surface area contributed by atoms with Crippen molar-refractivity contribution in [3.8, 4) is 11.5 Å². The lowest BCUT2D eigenvalue weighted by Crippen LogP contribution is -2.37. The van der Waals surface area contributed by atoms with Gasteiger partial charge in [-0.25, -0.2) is 0 Å². The highest BCUT2D eigenvalue weighted by Gasteiger charge is 2.42. The Morgan fingerprint density at radius 2 is 1.86 bits per heavy atom. The zero-order chi connectivity index (χ0) is 20.8. The van der Waals surface area contributed by atoms with Crippen molar-refractivity contribution in [1.82, 2.24) is 10.2 Å². The molecule has 1 aliphatic rings. The molecule has 2 amide bonds. The van der Waals surface area contributed by atoms with Gasteiger partial charge in [-0.15, -0.1) is 0 Å². The van der Waals surface area contributed by atoms with Gasteiger partial charge in [-0.3, -0.25) is 9.59 Å². The van der Waals surface area contributed by atoms with E-state index in [0.29, 0.717) is 37.1 Å². The monoisotopic (exact) mass is 390 g/mol. The summed E-state index contributed by atoms with van der Waals surface area (Å²) in [5.74, 6) is 1.47. The van der Waals surface area contributed by atoms with E-state index in [1.165, 1.54) is 0 Å². The van der Waals surface area contributed by atoms with Crippen LogP contribution in [0.1, 0.15) is 45.6 Å². The van der Waals surface area contributed by atoms with E-state index in [9.17, 15) is 9.59 Å². The van der Waals surface area contributed by atoms with Gasteiger partial charge in [0.05, 0.1) is 20.1 Å². The smallest absolute Gasteiger partial charge is 0.225 e. The van der Waals surface area contributed by atoms with Crippen LogP contribution in [0.25, 0.3) is 0 Å². The molecule has 1 aromatic carbocycles. The van der Waals surface area contributed by atoms with Gasteiger partial charge in [0, 0.05) is 37.0 Å². The predicted octanol–water partition coefficient (Wildman–Crippen LogP) is 3.06. The largest absolute Gasteiger partial charge is 0.497 e. The van der Waals surface area contributed by atoms with E-state index >= 15 is 0 Å². The van der Waals surface area contributed by atoms with E-state index < -0.39 is 0 Å². The van der Waals surface area contributed by atoms with Crippen LogP contribution in [-0.2, 0) is 9.59 Å². The Labute approximate surface area is 168 Å². The van der Waals surface area contributed by atoms with Crippen molar-refractivity contribution in [3.05, 3.63) is 23.8 Å². The first kappa shape index (κ1) is 22.1. The van der Waals surface area contributed by atoms with Crippen molar-refractivity contribution >= 4 is 11.8 Å². The summed E-state index contributed by atoms with van der Waals surface area (Å²) in [6.45, 7) is 9.62. The molecule has 1 saturated heterocycles. The SMILES string of the molecule is COc1ccc(OC)c([C@@H]2CN(C(=O)C(C)C)C[C@@H]2C(=O)NCCC(C)C)c1. The zero-order valence-electron chi connectivity index (χ0n) is 18.0. The van der Waals surface area contributed by atoms with Crippen molar-refractivity contribution in [3.63, 3.8) is 0 Å². The molecule has 0 aliphatic carbocycles. The molecule has 6 heteroatoms. The molecule has 28 heavy (non-hydrogen) atoms. The fourth-order valence-corrected chi connectivity index (χ4v) is 3.67. The van der Waals surface area contributed by atoms with Gasteiger partial charge < -0.3 is 19.7 Å². The van der Waals surface area contributed by atoms with Crippen molar-refractivity contribution in [2.45, 2.75) is 40.0 Å². The fraction of sp³-hybridized carbons (Fsp3) is 0.636. The molecule has 0 saturated carbocycles. The summed E-state index contributed by atoms with van der Waals surface area (Å²) in [6.07, 6.45) is 0.931. The maximum atomic E-state index is 13.0. The molecule has 0 spiro atoms. The number of ether oxygens (including phenoxy) is 2. The van der Waals surface area contributed by atoms with Crippen LogP contribution in [0, 0.1) is 17.8 Å². The summed E-state index contributed by atoms with van der Waals surface area (Å²) in [4.78, 5) is 27.4. The number of amides is 2. The summed E-state index contributed by atoms with van der Waals surface area (Å²) in [7, 11) is 3.24. The summed E-state index contributed by atoms with van der Waals surface area (Å²) in [5, 5.41) is 3.06. The van der Waals surface area contributed by atoms with Crippen LogP contribution in [0.15, 0.2) is 18.2 Å². The van der Waals surface area contributed by atoms with Crippen molar-refractivity contribution < 1.29 is 19.1 Å². The molecule has 0 bridgehead atoms. The Balaban J connectivity index is 2.31. The number of nitrogens with zero attached hydrogens (tertiary/aromatic N) is 1. The molecule has 1 heterocycles. The number of carbonyl (C=O) groups is 2. The molecular formula is C22H34N2O4. The van der Waals surface area contributed by atoms with Gasteiger partial charge in [0.15, 0.2) is 0 Å². The quantitative estimate of drug-likeness (QED) is 0.741. The Hall–Kier alpha value is -2.24. The molecule has 0 unspecified atom stereocenters. The zero-order valence-corrected chi connectivity index (χ0v) is 18.0. The third kappa shape index (κ3) is 5.18. The lowest BCUT2D eigenvalue weighted by atomic mass is 9.87. The van der Waals surface area contributed by atoms with Gasteiger partial charge in [0.25, 0.3) is 0 Å². The normalized spacial score (nSPS) is 19.2. The molecule has 1 N–H and O–H groups in total. The first-order valence-corrected chi connectivity index (χ1v) is 10.1. The topological polar surface area (TPSA) is 67.9 Å². The van der Waals surface area contributed by atoms with E-state index in [2.05, 4.69) is 19.2 Å². The van der Waals surface area contributed by atoms with Crippen LogP contribution in [0.4, 0.5) is 0 Å². The highest BCUT2D eigenvalue weighted by molar-refractivity contribution is 5.84. The average Bonchev–Trinajstić information content (AvgIpc) is 3.11. The second-order valence-corrected chi connectivity index (χ2v) is 8.19. The van der Waals surface area contributed by atoms with Crippen LogP contribution in [0.3, 0.4) is 0 Å². The van der Waals surface area contributed by atoms with Crippen LogP contribution >= 0.6 is 0 Å². The summed E-state index contributed by atoms with van der Waals surface area (Å²) in [6, 6.07) is 5.61. The standard InChI is InChI=1S/C22H34N2O4/c1-14(2)9-10-23-21(25)19-13-24(22(26)15(3)4)12-18(19)17-11-16(27-5)7-8-20(17)28-6/h7-8,11,14-15,18-19H,9-10,12-13H2,1-6H3,(H,23,25)/t18-,19-/m0/s1. The molecule has 6 nitrogen and oxygen atoms in total. The summed E-state index contributed by atoms with van der Waals surface area (Å²) >= 11 is 0. The number of methoxy groups -OCH3 is 2. The highest BCUT2D eigenvalue weighted by atomic mass is 16.5. The van der Waals surface area contributed by atoms with E-state index in [-0.39, 0.29) is 29.6 Å². The molecule has 0 radical (unpaired) electrons. The van der Waals surface area contributed by atoms with Gasteiger partial charge in [-0.05, 0) is 30.5 Å². The summed E-state index contributed by atoms with van der Waals surface area (Å²) < 4.78 is 10.9. The number of hydrogen-bond donors (Lipinski definition) is 1. The molecule has 1 fully saturated rings. The van der Waals surface area contributed by atoms with Gasteiger partial charge in [0.2, 0.25) is 11.8 Å². The number of hydrogen-bond acceptors (Lipinski definition) is 4. The second-order valence-electron chi connectivity index (χ2n) is 8.19. The molecular weight excluding hydrogens is 356 g/mol. The molecule has 0 aromatic heterocycles. The van der Waals surface area contributed by atoms with E-state index in [4.69, 9.17) is 9.47 Å². The average molecular weight is 391 g/mol. The van der Waals surface area contributed by atoms with Crippen LogP contribution < -0.4 is 14.8 Å². The Kier molecular flexibility index (Phi) is 7.72.